The van der Waals surface area contributed by atoms with Crippen LogP contribution in [0.5, 0.6) is 0 Å². The SMILES string of the molecule is C#CCN1C(=O)C(O)(C(F)(F)F)c2ccccc21. The Labute approximate surface area is 101 Å². The summed E-state index contributed by atoms with van der Waals surface area (Å²) in [7, 11) is 0. The molecule has 0 spiro atoms. The van der Waals surface area contributed by atoms with E-state index in [0.29, 0.717) is 0 Å². The molecule has 1 unspecified atom stereocenters. The second kappa shape index (κ2) is 3.75. The van der Waals surface area contributed by atoms with Gasteiger partial charge in [0.2, 0.25) is 0 Å². The van der Waals surface area contributed by atoms with Crippen LogP contribution < -0.4 is 4.90 Å². The molecule has 0 bridgehead atoms. The highest BCUT2D eigenvalue weighted by Gasteiger charge is 2.66. The van der Waals surface area contributed by atoms with Crippen LogP contribution in [0.4, 0.5) is 18.9 Å². The molecule has 18 heavy (non-hydrogen) atoms. The van der Waals surface area contributed by atoms with E-state index in [1.165, 1.54) is 18.2 Å². The number of fused-ring (bicyclic) bond motifs is 1. The zero-order valence-corrected chi connectivity index (χ0v) is 9.03. The third-order valence-corrected chi connectivity index (χ3v) is 2.80. The molecule has 0 saturated heterocycles. The molecular weight excluding hydrogens is 247 g/mol. The highest BCUT2D eigenvalue weighted by molar-refractivity contribution is 6.07. The number of benzene rings is 1. The first-order valence-electron chi connectivity index (χ1n) is 4.98. The fourth-order valence-electron chi connectivity index (χ4n) is 1.96. The Hall–Kier alpha value is -2.00. The van der Waals surface area contributed by atoms with Crippen molar-refractivity contribution < 1.29 is 23.1 Å². The van der Waals surface area contributed by atoms with E-state index in [9.17, 15) is 23.1 Å². The van der Waals surface area contributed by atoms with Gasteiger partial charge in [-0.25, -0.2) is 0 Å². The molecule has 1 amide bonds. The van der Waals surface area contributed by atoms with Gasteiger partial charge < -0.3 is 5.11 Å². The Balaban J connectivity index is 2.67. The van der Waals surface area contributed by atoms with E-state index >= 15 is 0 Å². The van der Waals surface area contributed by atoms with E-state index in [0.717, 1.165) is 11.0 Å². The molecule has 6 heteroatoms. The minimum atomic E-state index is -5.09. The van der Waals surface area contributed by atoms with Crippen LogP contribution in [-0.2, 0) is 10.4 Å². The van der Waals surface area contributed by atoms with Gasteiger partial charge in [0.25, 0.3) is 11.5 Å². The maximum Gasteiger partial charge on any atom is 0.430 e. The zero-order chi connectivity index (χ0) is 13.6. The summed E-state index contributed by atoms with van der Waals surface area (Å²) in [6.07, 6.45) is -0.0752. The Morgan fingerprint density at radius 2 is 2.00 bits per heavy atom. The molecule has 0 aromatic heterocycles. The average molecular weight is 255 g/mol. The Bertz CT molecular complexity index is 547. The maximum atomic E-state index is 12.9. The minimum Gasteiger partial charge on any atom is -0.368 e. The Kier molecular flexibility index (Phi) is 2.60. The molecule has 2 rings (SSSR count). The number of carbonyl (C=O) groups excluding carboxylic acids is 1. The highest BCUT2D eigenvalue weighted by Crippen LogP contribution is 2.48. The number of nitrogens with zero attached hydrogens (tertiary/aromatic N) is 1. The lowest BCUT2D eigenvalue weighted by Crippen LogP contribution is -2.50. The number of rotatable bonds is 1. The van der Waals surface area contributed by atoms with Crippen molar-refractivity contribution in [3.05, 3.63) is 29.8 Å². The van der Waals surface area contributed by atoms with E-state index < -0.39 is 23.2 Å². The Morgan fingerprint density at radius 3 is 2.56 bits per heavy atom. The fraction of sp³-hybridized carbons (Fsp3) is 0.250. The molecule has 1 atom stereocenters. The number of hydrogen-bond donors (Lipinski definition) is 1. The number of alkyl halides is 3. The van der Waals surface area contributed by atoms with Gasteiger partial charge in [-0.15, -0.1) is 6.42 Å². The predicted molar refractivity (Wildman–Crippen MR) is 57.6 cm³/mol. The van der Waals surface area contributed by atoms with Crippen LogP contribution in [0.15, 0.2) is 24.3 Å². The van der Waals surface area contributed by atoms with Gasteiger partial charge in [0.1, 0.15) is 0 Å². The molecule has 1 aromatic rings. The van der Waals surface area contributed by atoms with E-state index in [4.69, 9.17) is 6.42 Å². The summed E-state index contributed by atoms with van der Waals surface area (Å²) in [4.78, 5) is 12.5. The lowest BCUT2D eigenvalue weighted by Gasteiger charge is -2.24. The molecule has 1 aromatic carbocycles. The number of para-hydroxylation sites is 1. The molecule has 1 N–H and O–H groups in total. The second-order valence-electron chi connectivity index (χ2n) is 3.82. The van der Waals surface area contributed by atoms with Crippen LogP contribution in [-0.4, -0.2) is 23.7 Å². The second-order valence-corrected chi connectivity index (χ2v) is 3.82. The number of hydrogen-bond acceptors (Lipinski definition) is 2. The van der Waals surface area contributed by atoms with Crippen molar-refractivity contribution in [1.29, 1.82) is 0 Å². The van der Waals surface area contributed by atoms with Crippen LogP contribution in [0, 0.1) is 12.3 Å². The summed E-state index contributed by atoms with van der Waals surface area (Å²) in [6.45, 7) is -0.325. The Morgan fingerprint density at radius 1 is 1.39 bits per heavy atom. The molecule has 0 radical (unpaired) electrons. The van der Waals surface area contributed by atoms with Gasteiger partial charge in [-0.2, -0.15) is 13.2 Å². The molecule has 0 aliphatic carbocycles. The number of anilines is 1. The van der Waals surface area contributed by atoms with Gasteiger partial charge in [0, 0.05) is 5.56 Å². The molecule has 1 heterocycles. The number of aliphatic hydroxyl groups is 1. The van der Waals surface area contributed by atoms with Crippen LogP contribution in [0.3, 0.4) is 0 Å². The summed E-state index contributed by atoms with van der Waals surface area (Å²) in [5.41, 5.74) is -4.02. The first-order chi connectivity index (χ1) is 8.34. The third-order valence-electron chi connectivity index (χ3n) is 2.80. The fourth-order valence-corrected chi connectivity index (χ4v) is 1.96. The summed E-state index contributed by atoms with van der Waals surface area (Å²) in [6, 6.07) is 5.17. The lowest BCUT2D eigenvalue weighted by atomic mass is 9.95. The van der Waals surface area contributed by atoms with Crippen LogP contribution in [0.1, 0.15) is 5.56 Å². The maximum absolute atomic E-state index is 12.9. The largest absolute Gasteiger partial charge is 0.430 e. The lowest BCUT2D eigenvalue weighted by molar-refractivity contribution is -0.253. The van der Waals surface area contributed by atoms with Gasteiger partial charge in [-0.3, -0.25) is 9.69 Å². The first-order valence-corrected chi connectivity index (χ1v) is 4.98. The van der Waals surface area contributed by atoms with Crippen LogP contribution in [0.2, 0.25) is 0 Å². The van der Waals surface area contributed by atoms with Crippen LogP contribution >= 0.6 is 0 Å². The van der Waals surface area contributed by atoms with E-state index in [2.05, 4.69) is 5.92 Å². The van der Waals surface area contributed by atoms with Crippen molar-refractivity contribution in [3.63, 3.8) is 0 Å². The van der Waals surface area contributed by atoms with Crippen molar-refractivity contribution in [2.75, 3.05) is 11.4 Å². The molecule has 94 valence electrons. The summed E-state index contributed by atoms with van der Waals surface area (Å²) in [5.74, 6) is 0.633. The van der Waals surface area contributed by atoms with Crippen molar-refractivity contribution in [3.8, 4) is 12.3 Å². The number of carbonyl (C=O) groups is 1. The monoisotopic (exact) mass is 255 g/mol. The molecule has 1 aliphatic heterocycles. The van der Waals surface area contributed by atoms with Gasteiger partial charge in [0.15, 0.2) is 0 Å². The zero-order valence-electron chi connectivity index (χ0n) is 9.03. The highest BCUT2D eigenvalue weighted by atomic mass is 19.4. The third kappa shape index (κ3) is 1.41. The number of terminal acetylenes is 1. The van der Waals surface area contributed by atoms with Crippen molar-refractivity contribution >= 4 is 11.6 Å². The molecule has 0 saturated carbocycles. The summed E-state index contributed by atoms with van der Waals surface area (Å²) < 4.78 is 38.8. The molecule has 3 nitrogen and oxygen atoms in total. The molecular formula is C12H8F3NO2. The summed E-state index contributed by atoms with van der Waals surface area (Å²) >= 11 is 0. The van der Waals surface area contributed by atoms with Gasteiger partial charge in [-0.1, -0.05) is 24.1 Å². The standard InChI is InChI=1S/C12H8F3NO2/c1-2-7-16-9-6-4-3-5-8(9)11(18,10(16)17)12(13,14)15/h1,3-6,18H,7H2. The van der Waals surface area contributed by atoms with E-state index in [1.54, 1.807) is 0 Å². The smallest absolute Gasteiger partial charge is 0.368 e. The topological polar surface area (TPSA) is 40.5 Å². The first kappa shape index (κ1) is 12.5. The van der Waals surface area contributed by atoms with Gasteiger partial charge in [0.05, 0.1) is 12.2 Å². The predicted octanol–water partition coefficient (Wildman–Crippen LogP) is 1.42. The van der Waals surface area contributed by atoms with Gasteiger partial charge in [-0.05, 0) is 6.07 Å². The number of halogens is 3. The van der Waals surface area contributed by atoms with Crippen molar-refractivity contribution in [2.24, 2.45) is 0 Å². The normalized spacial score (nSPS) is 22.8. The van der Waals surface area contributed by atoms with E-state index in [-0.39, 0.29) is 12.2 Å². The number of amides is 1. The van der Waals surface area contributed by atoms with Crippen molar-refractivity contribution in [2.45, 2.75) is 11.8 Å². The minimum absolute atomic E-state index is 0.0136. The summed E-state index contributed by atoms with van der Waals surface area (Å²) in [5, 5.41) is 9.76. The van der Waals surface area contributed by atoms with Gasteiger partial charge >= 0.3 is 6.18 Å². The molecule has 1 aliphatic rings. The molecule has 0 fully saturated rings. The van der Waals surface area contributed by atoms with E-state index in [1.807, 2.05) is 0 Å². The quantitative estimate of drug-likeness (QED) is 0.771. The van der Waals surface area contributed by atoms with Crippen molar-refractivity contribution in [1.82, 2.24) is 0 Å². The van der Waals surface area contributed by atoms with Crippen LogP contribution in [0.25, 0.3) is 0 Å². The average Bonchev–Trinajstić information content (AvgIpc) is 2.53.